The van der Waals surface area contributed by atoms with E-state index >= 15 is 0 Å². The van der Waals surface area contributed by atoms with Crippen molar-refractivity contribution in [1.29, 1.82) is 0 Å². The van der Waals surface area contributed by atoms with Crippen LogP contribution >= 0.6 is 0 Å². The minimum absolute atomic E-state index is 0.0781. The van der Waals surface area contributed by atoms with Crippen molar-refractivity contribution in [1.82, 2.24) is 10.2 Å². The normalized spacial score (nSPS) is 27.0. The number of hydrogen-bond donors (Lipinski definition) is 2. The van der Waals surface area contributed by atoms with Crippen LogP contribution in [-0.4, -0.2) is 47.7 Å². The molecule has 1 heterocycles. The maximum absolute atomic E-state index is 11.4. The third kappa shape index (κ3) is 4.32. The average molecular weight is 210 g/mol. The first-order chi connectivity index (χ1) is 7.03. The number of β-amino-alcohol motifs (C(OH)–C–C–N with tert-alkyl or cyclic N) is 1. The molecule has 0 aromatic rings. The summed E-state index contributed by atoms with van der Waals surface area (Å²) in [6, 6.07) is 0. The Bertz CT molecular complexity index is 268. The second kappa shape index (κ2) is 5.15. The summed E-state index contributed by atoms with van der Waals surface area (Å²) in [4.78, 5) is 13.3. The first kappa shape index (κ1) is 12.0. The predicted molar refractivity (Wildman–Crippen MR) is 58.1 cm³/mol. The van der Waals surface area contributed by atoms with Crippen molar-refractivity contribution < 1.29 is 9.90 Å². The Kier molecular flexibility index (Phi) is 4.13. The van der Waals surface area contributed by atoms with E-state index in [0.29, 0.717) is 13.1 Å². The van der Waals surface area contributed by atoms with Gasteiger partial charge in [0.25, 0.3) is 0 Å². The summed E-state index contributed by atoms with van der Waals surface area (Å²) >= 11 is 0. The number of amides is 1. The SMILES string of the molecule is C#CCNC(=O)CN1CCCC(C)(O)C1. The molecule has 15 heavy (non-hydrogen) atoms. The van der Waals surface area contributed by atoms with Gasteiger partial charge in [-0.3, -0.25) is 9.69 Å². The van der Waals surface area contributed by atoms with E-state index in [2.05, 4.69) is 11.2 Å². The molecule has 0 bridgehead atoms. The van der Waals surface area contributed by atoms with Gasteiger partial charge in [-0.05, 0) is 26.3 Å². The van der Waals surface area contributed by atoms with Crippen LogP contribution in [0.4, 0.5) is 0 Å². The van der Waals surface area contributed by atoms with Crippen LogP contribution in [-0.2, 0) is 4.79 Å². The molecule has 1 aliphatic heterocycles. The van der Waals surface area contributed by atoms with Crippen molar-refractivity contribution in [3.63, 3.8) is 0 Å². The van der Waals surface area contributed by atoms with E-state index in [-0.39, 0.29) is 12.5 Å². The largest absolute Gasteiger partial charge is 0.389 e. The summed E-state index contributed by atoms with van der Waals surface area (Å²) in [5.74, 6) is 2.27. The summed E-state index contributed by atoms with van der Waals surface area (Å²) in [6.07, 6.45) is 6.76. The molecule has 1 amide bonds. The lowest BCUT2D eigenvalue weighted by Crippen LogP contribution is -2.49. The predicted octanol–water partition coefficient (Wildman–Crippen LogP) is -0.417. The van der Waals surface area contributed by atoms with E-state index in [4.69, 9.17) is 6.42 Å². The molecule has 0 aromatic carbocycles. The quantitative estimate of drug-likeness (QED) is 0.622. The standard InChI is InChI=1S/C11H18N2O2/c1-3-6-12-10(14)8-13-7-4-5-11(2,15)9-13/h1,15H,4-9H2,2H3,(H,12,14). The van der Waals surface area contributed by atoms with Crippen LogP contribution in [0.5, 0.6) is 0 Å². The van der Waals surface area contributed by atoms with E-state index in [1.165, 1.54) is 0 Å². The molecule has 1 atom stereocenters. The fourth-order valence-electron chi connectivity index (χ4n) is 1.87. The minimum atomic E-state index is -0.662. The Morgan fingerprint density at radius 2 is 2.47 bits per heavy atom. The first-order valence-corrected chi connectivity index (χ1v) is 5.18. The fourth-order valence-corrected chi connectivity index (χ4v) is 1.87. The third-order valence-corrected chi connectivity index (χ3v) is 2.51. The molecule has 1 rings (SSSR count). The smallest absolute Gasteiger partial charge is 0.234 e. The molecule has 4 nitrogen and oxygen atoms in total. The van der Waals surface area contributed by atoms with E-state index < -0.39 is 5.60 Å². The van der Waals surface area contributed by atoms with Crippen LogP contribution in [0.3, 0.4) is 0 Å². The van der Waals surface area contributed by atoms with Gasteiger partial charge in [0.1, 0.15) is 0 Å². The highest BCUT2D eigenvalue weighted by Gasteiger charge is 2.28. The molecule has 84 valence electrons. The number of carbonyl (C=O) groups excluding carboxylic acids is 1. The van der Waals surface area contributed by atoms with Crippen molar-refractivity contribution in [2.24, 2.45) is 0 Å². The fraction of sp³-hybridized carbons (Fsp3) is 0.727. The first-order valence-electron chi connectivity index (χ1n) is 5.18. The Balaban J connectivity index is 2.32. The highest BCUT2D eigenvalue weighted by molar-refractivity contribution is 5.78. The van der Waals surface area contributed by atoms with Crippen molar-refractivity contribution in [2.75, 3.05) is 26.2 Å². The van der Waals surface area contributed by atoms with Gasteiger partial charge in [-0.2, -0.15) is 0 Å². The number of likely N-dealkylation sites (tertiary alicyclic amines) is 1. The molecule has 1 aliphatic rings. The highest BCUT2D eigenvalue weighted by Crippen LogP contribution is 2.19. The summed E-state index contributed by atoms with van der Waals surface area (Å²) in [5, 5.41) is 12.4. The van der Waals surface area contributed by atoms with Crippen LogP contribution < -0.4 is 5.32 Å². The average Bonchev–Trinajstić information content (AvgIpc) is 2.13. The van der Waals surface area contributed by atoms with Gasteiger partial charge in [-0.1, -0.05) is 5.92 Å². The van der Waals surface area contributed by atoms with Crippen LogP contribution in [0.25, 0.3) is 0 Å². The minimum Gasteiger partial charge on any atom is -0.389 e. The maximum atomic E-state index is 11.4. The van der Waals surface area contributed by atoms with Crippen LogP contribution in [0, 0.1) is 12.3 Å². The van der Waals surface area contributed by atoms with Crippen LogP contribution in [0.2, 0.25) is 0 Å². The summed E-state index contributed by atoms with van der Waals surface area (Å²) in [5.41, 5.74) is -0.662. The highest BCUT2D eigenvalue weighted by atomic mass is 16.3. The van der Waals surface area contributed by atoms with Gasteiger partial charge in [-0.15, -0.1) is 6.42 Å². The van der Waals surface area contributed by atoms with Gasteiger partial charge in [0, 0.05) is 6.54 Å². The number of hydrogen-bond acceptors (Lipinski definition) is 3. The number of rotatable bonds is 3. The summed E-state index contributed by atoms with van der Waals surface area (Å²) in [7, 11) is 0. The zero-order valence-corrected chi connectivity index (χ0v) is 9.12. The zero-order chi connectivity index (χ0) is 11.3. The van der Waals surface area contributed by atoms with E-state index in [9.17, 15) is 9.90 Å². The lowest BCUT2D eigenvalue weighted by atomic mass is 9.95. The second-order valence-corrected chi connectivity index (χ2v) is 4.29. The van der Waals surface area contributed by atoms with Crippen molar-refractivity contribution in [3.8, 4) is 12.3 Å². The van der Waals surface area contributed by atoms with Crippen LogP contribution in [0.15, 0.2) is 0 Å². The molecular weight excluding hydrogens is 192 g/mol. The zero-order valence-electron chi connectivity index (χ0n) is 9.12. The molecule has 1 fully saturated rings. The Labute approximate surface area is 90.6 Å². The second-order valence-electron chi connectivity index (χ2n) is 4.29. The van der Waals surface area contributed by atoms with Gasteiger partial charge in [-0.25, -0.2) is 0 Å². The van der Waals surface area contributed by atoms with Gasteiger partial charge >= 0.3 is 0 Å². The number of piperidine rings is 1. The lowest BCUT2D eigenvalue weighted by molar-refractivity contribution is -0.123. The van der Waals surface area contributed by atoms with E-state index in [0.717, 1.165) is 19.4 Å². The number of aliphatic hydroxyl groups is 1. The Morgan fingerprint density at radius 1 is 1.73 bits per heavy atom. The van der Waals surface area contributed by atoms with Crippen molar-refractivity contribution in [3.05, 3.63) is 0 Å². The van der Waals surface area contributed by atoms with Gasteiger partial charge in [0.2, 0.25) is 5.91 Å². The third-order valence-electron chi connectivity index (χ3n) is 2.51. The Morgan fingerprint density at radius 3 is 3.07 bits per heavy atom. The van der Waals surface area contributed by atoms with Crippen molar-refractivity contribution >= 4 is 5.91 Å². The topological polar surface area (TPSA) is 52.6 Å². The summed E-state index contributed by atoms with van der Waals surface area (Å²) < 4.78 is 0. The number of nitrogens with one attached hydrogen (secondary N) is 1. The molecule has 0 aromatic heterocycles. The molecule has 4 heteroatoms. The van der Waals surface area contributed by atoms with Gasteiger partial charge < -0.3 is 10.4 Å². The van der Waals surface area contributed by atoms with Gasteiger partial charge in [0.15, 0.2) is 0 Å². The van der Waals surface area contributed by atoms with Crippen molar-refractivity contribution in [2.45, 2.75) is 25.4 Å². The molecule has 0 spiro atoms. The summed E-state index contributed by atoms with van der Waals surface area (Å²) in [6.45, 7) is 3.80. The van der Waals surface area contributed by atoms with Crippen LogP contribution in [0.1, 0.15) is 19.8 Å². The molecular formula is C11H18N2O2. The number of nitrogens with zero attached hydrogens (tertiary/aromatic N) is 1. The molecule has 1 saturated heterocycles. The Hall–Kier alpha value is -1.05. The van der Waals surface area contributed by atoms with E-state index in [1.54, 1.807) is 6.92 Å². The molecule has 1 unspecified atom stereocenters. The molecule has 0 radical (unpaired) electrons. The molecule has 0 saturated carbocycles. The number of terminal acetylenes is 1. The maximum Gasteiger partial charge on any atom is 0.234 e. The lowest BCUT2D eigenvalue weighted by Gasteiger charge is -2.36. The molecule has 2 N–H and O–H groups in total. The van der Waals surface area contributed by atoms with E-state index in [1.807, 2.05) is 4.90 Å². The monoisotopic (exact) mass is 210 g/mol. The molecule has 0 aliphatic carbocycles. The number of carbonyl (C=O) groups is 1. The van der Waals surface area contributed by atoms with Gasteiger partial charge in [0.05, 0.1) is 18.7 Å².